The van der Waals surface area contributed by atoms with E-state index in [0.29, 0.717) is 5.82 Å². The Bertz CT molecular complexity index is 426. The number of carbonyl (C=O) groups is 1. The Morgan fingerprint density at radius 2 is 2.41 bits per heavy atom. The number of nitrogens with one attached hydrogen (secondary N) is 2. The third-order valence-corrected chi connectivity index (χ3v) is 3.70. The molecule has 7 heteroatoms. The fourth-order valence-corrected chi connectivity index (χ4v) is 2.24. The van der Waals surface area contributed by atoms with Gasteiger partial charge >= 0.3 is 0 Å². The van der Waals surface area contributed by atoms with E-state index in [2.05, 4.69) is 20.5 Å². The van der Waals surface area contributed by atoms with Gasteiger partial charge in [0.15, 0.2) is 0 Å². The number of carbonyl (C=O) groups excluding carboxylic acids is 1. The maximum atomic E-state index is 12.2. The molecule has 6 nitrogen and oxygen atoms in total. The highest BCUT2D eigenvalue weighted by atomic mass is 32.1. The molecular weight excluding hydrogens is 238 g/mol. The summed E-state index contributed by atoms with van der Waals surface area (Å²) in [6.07, 6.45) is 3.86. The van der Waals surface area contributed by atoms with Gasteiger partial charge in [-0.25, -0.2) is 4.98 Å². The maximum Gasteiger partial charge on any atom is 0.233 e. The minimum absolute atomic E-state index is 0.111. The van der Waals surface area contributed by atoms with Crippen LogP contribution in [0.15, 0.2) is 6.33 Å². The zero-order valence-corrected chi connectivity index (χ0v) is 10.4. The highest BCUT2D eigenvalue weighted by Crippen LogP contribution is 2.41. The van der Waals surface area contributed by atoms with Crippen LogP contribution in [0.1, 0.15) is 38.1 Å². The van der Waals surface area contributed by atoms with Gasteiger partial charge in [-0.3, -0.25) is 9.89 Å². The molecule has 1 amide bonds. The summed E-state index contributed by atoms with van der Waals surface area (Å²) >= 11 is 4.99. The summed E-state index contributed by atoms with van der Waals surface area (Å²) in [6, 6.07) is -0.225. The van der Waals surface area contributed by atoms with Crippen molar-refractivity contribution in [2.24, 2.45) is 11.1 Å². The van der Waals surface area contributed by atoms with Gasteiger partial charge in [0.05, 0.1) is 16.4 Å². The molecule has 1 fully saturated rings. The number of aromatic amines is 1. The summed E-state index contributed by atoms with van der Waals surface area (Å²) in [6.45, 7) is 1.84. The number of nitrogens with zero attached hydrogens (tertiary/aromatic N) is 2. The third kappa shape index (κ3) is 2.02. The molecule has 0 radical (unpaired) electrons. The second-order valence-electron chi connectivity index (χ2n) is 4.37. The predicted molar refractivity (Wildman–Crippen MR) is 66.0 cm³/mol. The van der Waals surface area contributed by atoms with Gasteiger partial charge in [-0.1, -0.05) is 18.6 Å². The Morgan fingerprint density at radius 3 is 2.82 bits per heavy atom. The van der Waals surface area contributed by atoms with Crippen molar-refractivity contribution in [3.8, 4) is 0 Å². The van der Waals surface area contributed by atoms with Crippen molar-refractivity contribution in [1.29, 1.82) is 0 Å². The first-order chi connectivity index (χ1) is 8.06. The molecule has 17 heavy (non-hydrogen) atoms. The van der Waals surface area contributed by atoms with Crippen molar-refractivity contribution in [2.75, 3.05) is 0 Å². The molecule has 1 aliphatic rings. The second kappa shape index (κ2) is 4.40. The lowest BCUT2D eigenvalue weighted by molar-refractivity contribution is -0.131. The van der Waals surface area contributed by atoms with Crippen molar-refractivity contribution < 1.29 is 4.79 Å². The van der Waals surface area contributed by atoms with E-state index >= 15 is 0 Å². The molecule has 92 valence electrons. The van der Waals surface area contributed by atoms with E-state index in [0.717, 1.165) is 19.3 Å². The number of amides is 1. The Hall–Kier alpha value is -1.50. The molecule has 1 atom stereocenters. The second-order valence-corrected chi connectivity index (χ2v) is 4.81. The van der Waals surface area contributed by atoms with Crippen LogP contribution in [0.3, 0.4) is 0 Å². The molecule has 0 spiro atoms. The average Bonchev–Trinajstić information content (AvgIpc) is 2.66. The number of thiocarbonyl (C=S) groups is 1. The van der Waals surface area contributed by atoms with Gasteiger partial charge in [-0.2, -0.15) is 5.10 Å². The Balaban J connectivity index is 2.04. The van der Waals surface area contributed by atoms with Gasteiger partial charge in [0.1, 0.15) is 12.2 Å². The molecule has 1 aromatic heterocycles. The molecule has 1 unspecified atom stereocenters. The standard InChI is InChI=1S/C10H15N5OS/c1-6(7-12-5-13-15-7)14-9(16)10(8(11)17)3-2-4-10/h5-6H,2-4H2,1H3,(H2,11,17)(H,14,16)(H,12,13,15). The SMILES string of the molecule is CC(NC(=O)C1(C(N)=S)CCC1)c1ncn[nH]1. The van der Waals surface area contributed by atoms with E-state index < -0.39 is 5.41 Å². The van der Waals surface area contributed by atoms with E-state index in [4.69, 9.17) is 18.0 Å². The van der Waals surface area contributed by atoms with Crippen LogP contribution in [0.5, 0.6) is 0 Å². The fourth-order valence-electron chi connectivity index (χ4n) is 1.94. The van der Waals surface area contributed by atoms with Crippen LogP contribution in [0.2, 0.25) is 0 Å². The third-order valence-electron chi connectivity index (χ3n) is 3.30. The number of rotatable bonds is 4. The summed E-state index contributed by atoms with van der Waals surface area (Å²) in [5, 5.41) is 9.33. The highest BCUT2D eigenvalue weighted by Gasteiger charge is 2.47. The molecule has 0 bridgehead atoms. The van der Waals surface area contributed by atoms with Gasteiger partial charge in [0, 0.05) is 0 Å². The van der Waals surface area contributed by atoms with E-state index in [1.165, 1.54) is 6.33 Å². The topological polar surface area (TPSA) is 96.7 Å². The van der Waals surface area contributed by atoms with Crippen LogP contribution < -0.4 is 11.1 Å². The smallest absolute Gasteiger partial charge is 0.233 e. The lowest BCUT2D eigenvalue weighted by Crippen LogP contribution is -2.53. The molecular formula is C10H15N5OS. The minimum atomic E-state index is -0.649. The van der Waals surface area contributed by atoms with Gasteiger partial charge in [0.25, 0.3) is 0 Å². The number of hydrogen-bond acceptors (Lipinski definition) is 4. The predicted octanol–water partition coefficient (Wildman–Crippen LogP) is 0.438. The first-order valence-corrected chi connectivity index (χ1v) is 5.93. The van der Waals surface area contributed by atoms with Crippen LogP contribution in [0.25, 0.3) is 0 Å². The van der Waals surface area contributed by atoms with Crippen molar-refractivity contribution in [3.05, 3.63) is 12.2 Å². The zero-order chi connectivity index (χ0) is 12.5. The van der Waals surface area contributed by atoms with E-state index in [1.54, 1.807) is 0 Å². The van der Waals surface area contributed by atoms with Gasteiger partial charge in [-0.15, -0.1) is 0 Å². The molecule has 1 saturated carbocycles. The largest absolute Gasteiger partial charge is 0.392 e. The molecule has 0 saturated heterocycles. The van der Waals surface area contributed by atoms with Crippen molar-refractivity contribution >= 4 is 23.1 Å². The highest BCUT2D eigenvalue weighted by molar-refractivity contribution is 7.80. The zero-order valence-electron chi connectivity index (χ0n) is 9.56. The lowest BCUT2D eigenvalue weighted by Gasteiger charge is -2.39. The van der Waals surface area contributed by atoms with Gasteiger partial charge in [-0.05, 0) is 19.8 Å². The van der Waals surface area contributed by atoms with Gasteiger partial charge < -0.3 is 11.1 Å². The van der Waals surface area contributed by atoms with Crippen LogP contribution in [-0.4, -0.2) is 26.1 Å². The monoisotopic (exact) mass is 253 g/mol. The van der Waals surface area contributed by atoms with E-state index in [1.807, 2.05) is 6.92 Å². The summed E-state index contributed by atoms with van der Waals surface area (Å²) in [4.78, 5) is 16.4. The fraction of sp³-hybridized carbons (Fsp3) is 0.600. The normalized spacial score (nSPS) is 19.1. The molecule has 0 aliphatic heterocycles. The van der Waals surface area contributed by atoms with Crippen LogP contribution >= 0.6 is 12.2 Å². The summed E-state index contributed by atoms with van der Waals surface area (Å²) in [7, 11) is 0. The summed E-state index contributed by atoms with van der Waals surface area (Å²) < 4.78 is 0. The van der Waals surface area contributed by atoms with Crippen LogP contribution in [-0.2, 0) is 4.79 Å². The van der Waals surface area contributed by atoms with E-state index in [9.17, 15) is 4.79 Å². The Labute approximate surface area is 104 Å². The number of H-pyrrole nitrogens is 1. The quantitative estimate of drug-likeness (QED) is 0.676. The first-order valence-electron chi connectivity index (χ1n) is 5.52. The lowest BCUT2D eigenvalue weighted by atomic mass is 9.68. The van der Waals surface area contributed by atoms with Crippen molar-refractivity contribution in [2.45, 2.75) is 32.2 Å². The number of nitrogens with two attached hydrogens (primary N) is 1. The van der Waals surface area contributed by atoms with Crippen molar-refractivity contribution in [1.82, 2.24) is 20.5 Å². The molecule has 0 aromatic carbocycles. The Kier molecular flexibility index (Phi) is 3.10. The molecule has 1 aliphatic carbocycles. The van der Waals surface area contributed by atoms with Crippen LogP contribution in [0, 0.1) is 5.41 Å². The average molecular weight is 253 g/mol. The van der Waals surface area contributed by atoms with Crippen LogP contribution in [0.4, 0.5) is 0 Å². The summed E-state index contributed by atoms with van der Waals surface area (Å²) in [5.74, 6) is 0.510. The minimum Gasteiger partial charge on any atom is -0.392 e. The van der Waals surface area contributed by atoms with Crippen molar-refractivity contribution in [3.63, 3.8) is 0 Å². The Morgan fingerprint density at radius 1 is 1.71 bits per heavy atom. The number of aromatic nitrogens is 3. The van der Waals surface area contributed by atoms with E-state index in [-0.39, 0.29) is 16.9 Å². The molecule has 2 rings (SSSR count). The first kappa shape index (κ1) is 12.0. The van der Waals surface area contributed by atoms with Gasteiger partial charge in [0.2, 0.25) is 5.91 Å². The molecule has 4 N–H and O–H groups in total. The molecule has 1 aromatic rings. The maximum absolute atomic E-state index is 12.2. The summed E-state index contributed by atoms with van der Waals surface area (Å²) in [5.41, 5.74) is 5.01. The number of hydrogen-bond donors (Lipinski definition) is 3. The molecule has 1 heterocycles.